The van der Waals surface area contributed by atoms with E-state index in [1.54, 1.807) is 31.2 Å². The average Bonchev–Trinajstić information content (AvgIpc) is 3.26. The van der Waals surface area contributed by atoms with E-state index in [-0.39, 0.29) is 34.1 Å². The number of rotatable bonds is 5. The molecule has 0 spiro atoms. The SMILES string of the molecule is Cc1c(C(=O)N[C@H](c2cccc(F)c2)C2CCC2)c2cccc(F)c2c(=O)n1-c1ccoc1. The van der Waals surface area contributed by atoms with Crippen LogP contribution in [0.15, 0.2) is 70.3 Å². The van der Waals surface area contributed by atoms with E-state index in [1.165, 1.54) is 41.4 Å². The Labute approximate surface area is 188 Å². The van der Waals surface area contributed by atoms with Crippen molar-refractivity contribution in [3.8, 4) is 5.69 Å². The Hall–Kier alpha value is -3.74. The Kier molecular flexibility index (Phi) is 5.32. The molecule has 33 heavy (non-hydrogen) atoms. The number of hydrogen-bond donors (Lipinski definition) is 1. The van der Waals surface area contributed by atoms with Crippen molar-refractivity contribution in [1.82, 2.24) is 9.88 Å². The lowest BCUT2D eigenvalue weighted by Gasteiger charge is -2.35. The summed E-state index contributed by atoms with van der Waals surface area (Å²) in [5, 5.41) is 3.13. The van der Waals surface area contributed by atoms with Gasteiger partial charge in [0.05, 0.1) is 28.9 Å². The molecule has 2 aromatic heterocycles. The van der Waals surface area contributed by atoms with E-state index in [9.17, 15) is 18.4 Å². The van der Waals surface area contributed by atoms with Gasteiger partial charge in [-0.1, -0.05) is 30.7 Å². The highest BCUT2D eigenvalue weighted by Gasteiger charge is 2.32. The summed E-state index contributed by atoms with van der Waals surface area (Å²) in [5.74, 6) is -1.34. The second-order valence-corrected chi connectivity index (χ2v) is 8.44. The van der Waals surface area contributed by atoms with Gasteiger partial charge in [-0.3, -0.25) is 14.2 Å². The number of fused-ring (bicyclic) bond motifs is 1. The molecule has 1 fully saturated rings. The first-order valence-electron chi connectivity index (χ1n) is 10.9. The number of furan rings is 1. The highest BCUT2D eigenvalue weighted by atomic mass is 19.1. The average molecular weight is 448 g/mol. The monoisotopic (exact) mass is 448 g/mol. The maximum absolute atomic E-state index is 14.8. The molecular formula is C26H22F2N2O3. The summed E-state index contributed by atoms with van der Waals surface area (Å²) >= 11 is 0. The Morgan fingerprint density at radius 3 is 2.61 bits per heavy atom. The second-order valence-electron chi connectivity index (χ2n) is 8.44. The minimum Gasteiger partial charge on any atom is -0.470 e. The fraction of sp³-hybridized carbons (Fsp3) is 0.231. The van der Waals surface area contributed by atoms with Crippen molar-refractivity contribution in [1.29, 1.82) is 0 Å². The molecule has 1 atom stereocenters. The fourth-order valence-corrected chi connectivity index (χ4v) is 4.66. The van der Waals surface area contributed by atoms with Crippen molar-refractivity contribution in [2.75, 3.05) is 0 Å². The second kappa shape index (κ2) is 8.31. The van der Waals surface area contributed by atoms with Gasteiger partial charge in [-0.2, -0.15) is 0 Å². The van der Waals surface area contributed by atoms with E-state index in [1.807, 2.05) is 0 Å². The molecule has 5 rings (SSSR count). The number of carbonyl (C=O) groups excluding carboxylic acids is 1. The van der Waals surface area contributed by atoms with Crippen molar-refractivity contribution in [2.24, 2.45) is 5.92 Å². The lowest BCUT2D eigenvalue weighted by Crippen LogP contribution is -2.37. The number of pyridine rings is 1. The van der Waals surface area contributed by atoms with Crippen LogP contribution in [0.3, 0.4) is 0 Å². The van der Waals surface area contributed by atoms with Crippen molar-refractivity contribution in [3.63, 3.8) is 0 Å². The number of aromatic nitrogens is 1. The van der Waals surface area contributed by atoms with Crippen LogP contribution in [0.2, 0.25) is 0 Å². The van der Waals surface area contributed by atoms with Crippen molar-refractivity contribution < 1.29 is 18.0 Å². The summed E-state index contributed by atoms with van der Waals surface area (Å²) in [6, 6.07) is 11.6. The maximum Gasteiger partial charge on any atom is 0.266 e. The van der Waals surface area contributed by atoms with Gasteiger partial charge in [0.2, 0.25) is 0 Å². The van der Waals surface area contributed by atoms with Gasteiger partial charge in [-0.15, -0.1) is 0 Å². The summed E-state index contributed by atoms with van der Waals surface area (Å²) in [6.07, 6.45) is 5.66. The van der Waals surface area contributed by atoms with E-state index in [0.29, 0.717) is 16.9 Å². The molecule has 0 radical (unpaired) electrons. The smallest absolute Gasteiger partial charge is 0.266 e. The zero-order valence-corrected chi connectivity index (χ0v) is 18.0. The lowest BCUT2D eigenvalue weighted by molar-refractivity contribution is 0.0901. The number of amides is 1. The molecule has 1 saturated carbocycles. The van der Waals surface area contributed by atoms with Crippen LogP contribution in [-0.4, -0.2) is 10.5 Å². The minimum atomic E-state index is -0.704. The summed E-state index contributed by atoms with van der Waals surface area (Å²) in [6.45, 7) is 1.65. The van der Waals surface area contributed by atoms with Gasteiger partial charge in [0.15, 0.2) is 0 Å². The van der Waals surface area contributed by atoms with E-state index >= 15 is 0 Å². The van der Waals surface area contributed by atoms with Crippen LogP contribution in [0.4, 0.5) is 8.78 Å². The molecule has 1 amide bonds. The summed E-state index contributed by atoms with van der Waals surface area (Å²) in [5.41, 5.74) is 1.08. The number of nitrogens with one attached hydrogen (secondary N) is 1. The van der Waals surface area contributed by atoms with E-state index in [2.05, 4.69) is 5.32 Å². The highest BCUT2D eigenvalue weighted by Crippen LogP contribution is 2.38. The van der Waals surface area contributed by atoms with Crippen LogP contribution in [0.5, 0.6) is 0 Å². The van der Waals surface area contributed by atoms with Crippen molar-refractivity contribution in [3.05, 3.63) is 99.9 Å². The first kappa shape index (κ1) is 21.1. The van der Waals surface area contributed by atoms with E-state index < -0.39 is 17.3 Å². The summed E-state index contributed by atoms with van der Waals surface area (Å²) < 4.78 is 35.1. The number of benzene rings is 2. The van der Waals surface area contributed by atoms with E-state index in [0.717, 1.165) is 19.3 Å². The number of nitrogens with zero attached hydrogens (tertiary/aromatic N) is 1. The molecular weight excluding hydrogens is 426 g/mol. The third kappa shape index (κ3) is 3.63. The molecule has 0 saturated heterocycles. The normalized spacial score (nSPS) is 14.8. The van der Waals surface area contributed by atoms with Crippen molar-refractivity contribution >= 4 is 16.7 Å². The molecule has 0 bridgehead atoms. The first-order valence-corrected chi connectivity index (χ1v) is 10.9. The molecule has 5 nitrogen and oxygen atoms in total. The van der Waals surface area contributed by atoms with Crippen LogP contribution in [0, 0.1) is 24.5 Å². The van der Waals surface area contributed by atoms with Gasteiger partial charge in [0.25, 0.3) is 11.5 Å². The molecule has 7 heteroatoms. The molecule has 168 valence electrons. The fourth-order valence-electron chi connectivity index (χ4n) is 4.66. The Bertz CT molecular complexity index is 1410. The van der Waals surface area contributed by atoms with Crippen LogP contribution >= 0.6 is 0 Å². The first-order chi connectivity index (χ1) is 16.0. The number of hydrogen-bond acceptors (Lipinski definition) is 3. The van der Waals surface area contributed by atoms with Gasteiger partial charge in [-0.25, -0.2) is 8.78 Å². The quantitative estimate of drug-likeness (QED) is 0.442. The van der Waals surface area contributed by atoms with Crippen LogP contribution < -0.4 is 10.9 Å². The largest absolute Gasteiger partial charge is 0.470 e. The standard InChI is InChI=1S/C26H22F2N2O3/c1-15-22(25(31)29-24(16-5-2-6-16)17-7-3-8-18(27)13-17)20-9-4-10-21(28)23(20)26(32)30(15)19-11-12-33-14-19/h3-4,7-14,16,24H,2,5-6H2,1H3,(H,29,31)/t24-/m0/s1. The minimum absolute atomic E-state index is 0.166. The predicted molar refractivity (Wildman–Crippen MR) is 120 cm³/mol. The van der Waals surface area contributed by atoms with Crippen LogP contribution in [0.1, 0.15) is 46.9 Å². The molecule has 0 aliphatic heterocycles. The zero-order valence-electron chi connectivity index (χ0n) is 18.0. The number of carbonyl (C=O) groups is 1. The molecule has 4 aromatic rings. The molecule has 1 aliphatic rings. The third-order valence-electron chi connectivity index (χ3n) is 6.50. The molecule has 2 heterocycles. The maximum atomic E-state index is 14.8. The molecule has 1 N–H and O–H groups in total. The molecule has 0 unspecified atom stereocenters. The van der Waals surface area contributed by atoms with E-state index in [4.69, 9.17) is 4.42 Å². The van der Waals surface area contributed by atoms with Gasteiger partial charge in [-0.05, 0) is 49.4 Å². The molecule has 2 aromatic carbocycles. The van der Waals surface area contributed by atoms with Gasteiger partial charge in [0, 0.05) is 17.1 Å². The highest BCUT2D eigenvalue weighted by molar-refractivity contribution is 6.08. The molecule has 1 aliphatic carbocycles. The lowest BCUT2D eigenvalue weighted by atomic mass is 9.77. The Morgan fingerprint density at radius 2 is 1.94 bits per heavy atom. The Balaban J connectivity index is 1.67. The van der Waals surface area contributed by atoms with Crippen LogP contribution in [-0.2, 0) is 0 Å². The predicted octanol–water partition coefficient (Wildman–Crippen LogP) is 5.44. The third-order valence-corrected chi connectivity index (χ3v) is 6.50. The van der Waals surface area contributed by atoms with Crippen LogP contribution in [0.25, 0.3) is 16.5 Å². The Morgan fingerprint density at radius 1 is 1.15 bits per heavy atom. The van der Waals surface area contributed by atoms with Gasteiger partial charge < -0.3 is 9.73 Å². The zero-order chi connectivity index (χ0) is 23.1. The van der Waals surface area contributed by atoms with Gasteiger partial charge in [0.1, 0.15) is 17.9 Å². The van der Waals surface area contributed by atoms with Gasteiger partial charge >= 0.3 is 0 Å². The van der Waals surface area contributed by atoms with Crippen molar-refractivity contribution in [2.45, 2.75) is 32.2 Å². The number of halogens is 2. The summed E-state index contributed by atoms with van der Waals surface area (Å²) in [7, 11) is 0. The summed E-state index contributed by atoms with van der Waals surface area (Å²) in [4.78, 5) is 26.9. The topological polar surface area (TPSA) is 64.2 Å².